The number of esters is 1. The van der Waals surface area contributed by atoms with Crippen LogP contribution < -0.4 is 5.32 Å². The first-order chi connectivity index (χ1) is 12.8. The first-order valence-electron chi connectivity index (χ1n) is 8.96. The molecule has 1 aromatic carbocycles. The molecule has 27 heavy (non-hydrogen) atoms. The van der Waals surface area contributed by atoms with Crippen molar-refractivity contribution in [1.82, 2.24) is 10.2 Å². The van der Waals surface area contributed by atoms with Crippen molar-refractivity contribution in [3.05, 3.63) is 29.8 Å². The normalized spacial score (nSPS) is 20.8. The molecular formula is C18H23N3O5S. The van der Waals surface area contributed by atoms with Crippen LogP contribution in [0, 0.1) is 0 Å². The minimum absolute atomic E-state index is 0.0445. The molecule has 0 bridgehead atoms. The minimum Gasteiger partial charge on any atom is -0.454 e. The van der Waals surface area contributed by atoms with Gasteiger partial charge in [-0.2, -0.15) is 8.42 Å². The number of likely N-dealkylation sites (tertiary alicyclic amines) is 1. The van der Waals surface area contributed by atoms with Gasteiger partial charge in [0.1, 0.15) is 10.9 Å². The predicted molar refractivity (Wildman–Crippen MR) is 98.7 cm³/mol. The molecule has 9 heteroatoms. The second-order valence-electron chi connectivity index (χ2n) is 6.92. The maximum atomic E-state index is 12.6. The molecule has 1 fully saturated rings. The largest absolute Gasteiger partial charge is 0.454 e. The Morgan fingerprint density at radius 2 is 2.04 bits per heavy atom. The van der Waals surface area contributed by atoms with Crippen molar-refractivity contribution in [2.45, 2.75) is 50.1 Å². The number of benzene rings is 1. The Morgan fingerprint density at radius 3 is 2.78 bits per heavy atom. The van der Waals surface area contributed by atoms with Gasteiger partial charge in [0.15, 0.2) is 12.4 Å². The van der Waals surface area contributed by atoms with Crippen molar-refractivity contribution in [2.75, 3.05) is 13.2 Å². The quantitative estimate of drug-likeness (QED) is 0.767. The smallest absolute Gasteiger partial charge is 0.329 e. The van der Waals surface area contributed by atoms with Crippen LogP contribution in [-0.2, 0) is 24.3 Å². The van der Waals surface area contributed by atoms with Gasteiger partial charge in [0, 0.05) is 18.2 Å². The Balaban J connectivity index is 1.79. The summed E-state index contributed by atoms with van der Waals surface area (Å²) in [6.45, 7) is 3.78. The number of rotatable bonds is 4. The number of fused-ring (bicyclic) bond motifs is 1. The lowest BCUT2D eigenvalue weighted by Gasteiger charge is -2.35. The van der Waals surface area contributed by atoms with Gasteiger partial charge in [-0.25, -0.2) is 4.79 Å². The van der Waals surface area contributed by atoms with E-state index in [0.717, 1.165) is 12.8 Å². The second-order valence-corrected chi connectivity index (χ2v) is 8.49. The Kier molecular flexibility index (Phi) is 5.50. The third-order valence-electron chi connectivity index (χ3n) is 4.45. The molecular weight excluding hydrogens is 370 g/mol. The SMILES string of the molecule is CC(C)NC(=O)COC(=O)[C@H]1CCCCN1C1=NS(=O)(=O)c2ccccc21. The number of hydrogen-bond donors (Lipinski definition) is 1. The van der Waals surface area contributed by atoms with Crippen LogP contribution in [0.25, 0.3) is 0 Å². The summed E-state index contributed by atoms with van der Waals surface area (Å²) in [5.41, 5.74) is 0.495. The summed E-state index contributed by atoms with van der Waals surface area (Å²) in [6, 6.07) is 5.87. The molecule has 1 saturated heterocycles. The molecule has 0 radical (unpaired) electrons. The Hall–Kier alpha value is -2.42. The molecule has 1 amide bonds. The molecule has 8 nitrogen and oxygen atoms in total. The number of piperidine rings is 1. The van der Waals surface area contributed by atoms with Gasteiger partial charge < -0.3 is 15.0 Å². The van der Waals surface area contributed by atoms with Crippen LogP contribution in [0.4, 0.5) is 0 Å². The fourth-order valence-electron chi connectivity index (χ4n) is 3.32. The number of ether oxygens (including phenoxy) is 1. The van der Waals surface area contributed by atoms with E-state index in [4.69, 9.17) is 4.74 Å². The molecule has 2 aliphatic heterocycles. The molecule has 0 spiro atoms. The van der Waals surface area contributed by atoms with Crippen LogP contribution in [-0.4, -0.2) is 56.3 Å². The van der Waals surface area contributed by atoms with E-state index in [0.29, 0.717) is 18.5 Å². The van der Waals surface area contributed by atoms with Crippen LogP contribution in [0.3, 0.4) is 0 Å². The maximum Gasteiger partial charge on any atom is 0.329 e. The monoisotopic (exact) mass is 393 g/mol. The van der Waals surface area contributed by atoms with Crippen LogP contribution >= 0.6 is 0 Å². The number of sulfonamides is 1. The highest BCUT2D eigenvalue weighted by Gasteiger charge is 2.38. The highest BCUT2D eigenvalue weighted by atomic mass is 32.2. The summed E-state index contributed by atoms with van der Waals surface area (Å²) in [6.07, 6.45) is 2.15. The fraction of sp³-hybridized carbons (Fsp3) is 0.500. The third kappa shape index (κ3) is 4.13. The Bertz CT molecular complexity index is 879. The summed E-state index contributed by atoms with van der Waals surface area (Å²) in [5, 5.41) is 2.66. The molecule has 146 valence electrons. The van der Waals surface area contributed by atoms with E-state index < -0.39 is 22.0 Å². The van der Waals surface area contributed by atoms with Crippen LogP contribution in [0.5, 0.6) is 0 Å². The number of carbonyl (C=O) groups is 2. The average molecular weight is 393 g/mol. The van der Waals surface area contributed by atoms with Crippen molar-refractivity contribution in [3.63, 3.8) is 0 Å². The van der Waals surface area contributed by atoms with Gasteiger partial charge >= 0.3 is 5.97 Å². The van der Waals surface area contributed by atoms with E-state index in [1.807, 2.05) is 13.8 Å². The number of hydrogen-bond acceptors (Lipinski definition) is 6. The highest BCUT2D eigenvalue weighted by Crippen LogP contribution is 2.30. The lowest BCUT2D eigenvalue weighted by molar-refractivity contribution is -0.153. The van der Waals surface area contributed by atoms with Crippen molar-refractivity contribution < 1.29 is 22.7 Å². The van der Waals surface area contributed by atoms with E-state index in [1.54, 1.807) is 23.1 Å². The number of amides is 1. The van der Waals surface area contributed by atoms with E-state index in [2.05, 4.69) is 9.71 Å². The van der Waals surface area contributed by atoms with E-state index in [-0.39, 0.29) is 29.3 Å². The van der Waals surface area contributed by atoms with Crippen molar-refractivity contribution in [3.8, 4) is 0 Å². The molecule has 2 aliphatic rings. The summed E-state index contributed by atoms with van der Waals surface area (Å²) in [5.74, 6) is -0.635. The molecule has 0 saturated carbocycles. The molecule has 1 aromatic rings. The molecule has 0 aromatic heterocycles. The first-order valence-corrected chi connectivity index (χ1v) is 10.4. The van der Waals surface area contributed by atoms with E-state index in [1.165, 1.54) is 6.07 Å². The molecule has 3 rings (SSSR count). The van der Waals surface area contributed by atoms with Gasteiger partial charge in [-0.05, 0) is 45.2 Å². The lowest BCUT2D eigenvalue weighted by atomic mass is 10.0. The molecule has 1 N–H and O–H groups in total. The second kappa shape index (κ2) is 7.67. The molecule has 1 atom stereocenters. The van der Waals surface area contributed by atoms with Crippen molar-refractivity contribution in [2.24, 2.45) is 4.40 Å². The fourth-order valence-corrected chi connectivity index (χ4v) is 4.54. The van der Waals surface area contributed by atoms with Crippen LogP contribution in [0.2, 0.25) is 0 Å². The highest BCUT2D eigenvalue weighted by molar-refractivity contribution is 7.90. The third-order valence-corrected chi connectivity index (χ3v) is 5.78. The van der Waals surface area contributed by atoms with Crippen LogP contribution in [0.1, 0.15) is 38.7 Å². The summed E-state index contributed by atoms with van der Waals surface area (Å²) in [4.78, 5) is 26.1. The van der Waals surface area contributed by atoms with E-state index >= 15 is 0 Å². The van der Waals surface area contributed by atoms with Gasteiger partial charge in [0.05, 0.1) is 0 Å². The van der Waals surface area contributed by atoms with Gasteiger partial charge in [-0.15, -0.1) is 4.40 Å². The summed E-state index contributed by atoms with van der Waals surface area (Å²) < 4.78 is 33.7. The standard InChI is InChI=1S/C18H23N3O5S/c1-12(2)19-16(22)11-26-18(23)14-8-5-6-10-21(14)17-13-7-3-4-9-15(13)27(24,25)20-17/h3-4,7,9,12,14H,5-6,8,10-11H2,1-2H3,(H,19,22)/t14-/m1/s1. The van der Waals surface area contributed by atoms with Crippen molar-refractivity contribution in [1.29, 1.82) is 0 Å². The number of amidine groups is 1. The first kappa shape index (κ1) is 19.3. The topological polar surface area (TPSA) is 105 Å². The average Bonchev–Trinajstić information content (AvgIpc) is 2.91. The predicted octanol–water partition coefficient (Wildman–Crippen LogP) is 1.06. The zero-order valence-electron chi connectivity index (χ0n) is 15.3. The van der Waals surface area contributed by atoms with Gasteiger partial charge in [-0.1, -0.05) is 12.1 Å². The Morgan fingerprint density at radius 1 is 1.30 bits per heavy atom. The molecule has 2 heterocycles. The maximum absolute atomic E-state index is 12.6. The van der Waals surface area contributed by atoms with Gasteiger partial charge in [0.25, 0.3) is 15.9 Å². The Labute approximate surface area is 158 Å². The number of carbonyl (C=O) groups excluding carboxylic acids is 2. The van der Waals surface area contributed by atoms with Crippen molar-refractivity contribution >= 4 is 27.7 Å². The lowest BCUT2D eigenvalue weighted by Crippen LogP contribution is -2.49. The zero-order chi connectivity index (χ0) is 19.6. The summed E-state index contributed by atoms with van der Waals surface area (Å²) in [7, 11) is -3.76. The van der Waals surface area contributed by atoms with Gasteiger partial charge in [-0.3, -0.25) is 4.79 Å². The van der Waals surface area contributed by atoms with E-state index in [9.17, 15) is 18.0 Å². The molecule has 0 aliphatic carbocycles. The molecule has 0 unspecified atom stereocenters. The summed E-state index contributed by atoms with van der Waals surface area (Å²) >= 11 is 0. The van der Waals surface area contributed by atoms with Gasteiger partial charge in [0.2, 0.25) is 0 Å². The number of nitrogens with one attached hydrogen (secondary N) is 1. The minimum atomic E-state index is -3.76. The zero-order valence-corrected chi connectivity index (χ0v) is 16.2. The number of nitrogens with zero attached hydrogens (tertiary/aromatic N) is 2. The van der Waals surface area contributed by atoms with Crippen LogP contribution in [0.15, 0.2) is 33.6 Å².